The summed E-state index contributed by atoms with van der Waals surface area (Å²) in [5.74, 6) is 0. The second-order valence-electron chi connectivity index (χ2n) is 7.07. The zero-order valence-electron chi connectivity index (χ0n) is 11.2. The number of rotatable bonds is 0. The fraction of sp³-hybridized carbons (Fsp3) is 1.00. The van der Waals surface area contributed by atoms with Crippen molar-refractivity contribution in [3.05, 3.63) is 0 Å². The highest BCUT2D eigenvalue weighted by molar-refractivity contribution is 14.1. The molecule has 1 nitrogen and oxygen atoms in total. The van der Waals surface area contributed by atoms with E-state index in [1.807, 2.05) is 0 Å². The largest absolute Gasteiger partial charge is 0.393 e. The molecule has 2 atom stereocenters. The maximum atomic E-state index is 9.06. The van der Waals surface area contributed by atoms with Crippen molar-refractivity contribution in [3.8, 4) is 0 Å². The summed E-state index contributed by atoms with van der Waals surface area (Å²) in [5.41, 5.74) is 1.07. The maximum absolute atomic E-state index is 9.06. The van der Waals surface area contributed by atoms with Gasteiger partial charge in [-0.25, -0.2) is 0 Å². The summed E-state index contributed by atoms with van der Waals surface area (Å²) >= 11 is 2.56. The van der Waals surface area contributed by atoms with Crippen LogP contribution in [0.15, 0.2) is 0 Å². The number of aliphatic hydroxyl groups is 1. The predicted octanol–water partition coefficient (Wildman–Crippen LogP) is 4.56. The van der Waals surface area contributed by atoms with E-state index < -0.39 is 0 Å². The van der Waals surface area contributed by atoms with E-state index in [1.165, 1.54) is 25.7 Å². The van der Waals surface area contributed by atoms with Gasteiger partial charge in [-0.1, -0.05) is 50.3 Å². The molecule has 2 unspecified atom stereocenters. The quantitative estimate of drug-likeness (QED) is 0.507. The summed E-state index contributed by atoms with van der Waals surface area (Å²) in [6, 6.07) is 0. The van der Waals surface area contributed by atoms with Gasteiger partial charge in [0.25, 0.3) is 0 Å². The van der Waals surface area contributed by atoms with Crippen LogP contribution in [-0.4, -0.2) is 15.1 Å². The van der Waals surface area contributed by atoms with Crippen LogP contribution in [0.3, 0.4) is 0 Å². The van der Waals surface area contributed by atoms with Gasteiger partial charge in [-0.15, -0.1) is 0 Å². The van der Waals surface area contributed by atoms with E-state index in [1.54, 1.807) is 0 Å². The molecule has 2 aliphatic rings. The van der Waals surface area contributed by atoms with Crippen molar-refractivity contribution in [2.24, 2.45) is 10.8 Å². The molecule has 0 aromatic rings. The Morgan fingerprint density at radius 3 is 1.56 bits per heavy atom. The molecule has 0 aromatic carbocycles. The van der Waals surface area contributed by atoms with Crippen molar-refractivity contribution >= 4 is 22.6 Å². The molecule has 0 spiro atoms. The molecule has 0 aliphatic heterocycles. The van der Waals surface area contributed by atoms with Crippen molar-refractivity contribution in [2.45, 2.75) is 76.2 Å². The first-order valence-corrected chi connectivity index (χ1v) is 7.77. The van der Waals surface area contributed by atoms with Gasteiger partial charge in [-0.2, -0.15) is 0 Å². The molecule has 0 aromatic heterocycles. The lowest BCUT2D eigenvalue weighted by Gasteiger charge is -2.14. The molecule has 2 rings (SSSR count). The smallest absolute Gasteiger partial charge is 0.0545 e. The van der Waals surface area contributed by atoms with E-state index >= 15 is 0 Å². The standard InChI is InChI=1S/C7H13I.C7H14O/c2*1-7(2)4-3-6(8)5-7/h6H,3-5H2,1-2H3;6,8H,3-5H2,1-2H3. The van der Waals surface area contributed by atoms with Crippen LogP contribution in [0.1, 0.15) is 66.2 Å². The van der Waals surface area contributed by atoms with Crippen LogP contribution >= 0.6 is 22.6 Å². The Kier molecular flexibility index (Phi) is 5.12. The highest BCUT2D eigenvalue weighted by atomic mass is 127. The van der Waals surface area contributed by atoms with Crippen LogP contribution in [0.4, 0.5) is 0 Å². The van der Waals surface area contributed by atoms with E-state index in [0.29, 0.717) is 10.8 Å². The minimum Gasteiger partial charge on any atom is -0.393 e. The molecule has 0 radical (unpaired) electrons. The number of hydrogen-bond donors (Lipinski definition) is 1. The summed E-state index contributed by atoms with van der Waals surface area (Å²) in [6.45, 7) is 9.16. The number of hydrogen-bond acceptors (Lipinski definition) is 1. The molecule has 0 amide bonds. The Morgan fingerprint density at radius 2 is 1.44 bits per heavy atom. The van der Waals surface area contributed by atoms with Crippen molar-refractivity contribution in [2.75, 3.05) is 0 Å². The van der Waals surface area contributed by atoms with Gasteiger partial charge in [-0.05, 0) is 49.4 Å². The third-order valence-electron chi connectivity index (χ3n) is 3.85. The minimum absolute atomic E-state index is 0.00926. The maximum Gasteiger partial charge on any atom is 0.0545 e. The number of halogens is 1. The SMILES string of the molecule is CC1(C)CCC(I)C1.CC1(C)CCC(O)C1. The van der Waals surface area contributed by atoms with Gasteiger partial charge in [0.2, 0.25) is 0 Å². The average molecular weight is 338 g/mol. The number of alkyl halides is 1. The molecule has 2 aliphatic carbocycles. The predicted molar refractivity (Wildman–Crippen MR) is 79.1 cm³/mol. The lowest BCUT2D eigenvalue weighted by atomic mass is 9.92. The molecule has 2 fully saturated rings. The fourth-order valence-corrected chi connectivity index (χ4v) is 4.25. The van der Waals surface area contributed by atoms with Crippen molar-refractivity contribution in [1.82, 2.24) is 0 Å². The molecular formula is C14H27IO. The summed E-state index contributed by atoms with van der Waals surface area (Å²) in [6.07, 6.45) is 7.47. The molecule has 2 heteroatoms. The third kappa shape index (κ3) is 5.35. The molecule has 0 saturated heterocycles. The van der Waals surface area contributed by atoms with Gasteiger partial charge in [0.05, 0.1) is 6.10 Å². The van der Waals surface area contributed by atoms with E-state index in [0.717, 1.165) is 16.8 Å². The minimum atomic E-state index is -0.00926. The molecule has 1 N–H and O–H groups in total. The summed E-state index contributed by atoms with van der Waals surface area (Å²) in [7, 11) is 0. The topological polar surface area (TPSA) is 20.2 Å². The van der Waals surface area contributed by atoms with Crippen LogP contribution in [0.25, 0.3) is 0 Å². The molecule has 0 bridgehead atoms. The second kappa shape index (κ2) is 5.55. The summed E-state index contributed by atoms with van der Waals surface area (Å²) < 4.78 is 0.961. The Bertz CT molecular complexity index is 199. The Labute approximate surface area is 115 Å². The van der Waals surface area contributed by atoms with Crippen molar-refractivity contribution < 1.29 is 5.11 Å². The molecule has 16 heavy (non-hydrogen) atoms. The zero-order valence-corrected chi connectivity index (χ0v) is 13.4. The van der Waals surface area contributed by atoms with Crippen LogP contribution in [-0.2, 0) is 0 Å². The first kappa shape index (κ1) is 14.7. The molecule has 96 valence electrons. The van der Waals surface area contributed by atoms with Gasteiger partial charge in [-0.3, -0.25) is 0 Å². The van der Waals surface area contributed by atoms with E-state index in [9.17, 15) is 0 Å². The lowest BCUT2D eigenvalue weighted by Crippen LogP contribution is -2.06. The third-order valence-corrected chi connectivity index (χ3v) is 4.91. The van der Waals surface area contributed by atoms with Crippen LogP contribution in [0.2, 0.25) is 0 Å². The van der Waals surface area contributed by atoms with Crippen molar-refractivity contribution in [3.63, 3.8) is 0 Å². The number of aliphatic hydroxyl groups excluding tert-OH is 1. The van der Waals surface area contributed by atoms with Crippen LogP contribution < -0.4 is 0 Å². The van der Waals surface area contributed by atoms with Gasteiger partial charge in [0.1, 0.15) is 0 Å². The Hall–Kier alpha value is 0.690. The average Bonchev–Trinajstić information content (AvgIpc) is 2.56. The van der Waals surface area contributed by atoms with Crippen LogP contribution in [0.5, 0.6) is 0 Å². The molecular weight excluding hydrogens is 311 g/mol. The normalized spacial score (nSPS) is 35.6. The van der Waals surface area contributed by atoms with E-state index in [2.05, 4.69) is 50.3 Å². The first-order valence-electron chi connectivity index (χ1n) is 6.52. The van der Waals surface area contributed by atoms with Gasteiger partial charge in [0, 0.05) is 3.92 Å². The van der Waals surface area contributed by atoms with Gasteiger partial charge in [0.15, 0.2) is 0 Å². The van der Waals surface area contributed by atoms with Crippen molar-refractivity contribution in [1.29, 1.82) is 0 Å². The molecule has 0 heterocycles. The molecule has 2 saturated carbocycles. The highest BCUT2D eigenvalue weighted by Crippen LogP contribution is 2.40. The Balaban J connectivity index is 0.000000160. The zero-order chi connectivity index (χ0) is 12.4. The second-order valence-corrected chi connectivity index (χ2v) is 8.83. The first-order chi connectivity index (χ1) is 7.20. The monoisotopic (exact) mass is 338 g/mol. The van der Waals surface area contributed by atoms with Gasteiger partial charge >= 0.3 is 0 Å². The van der Waals surface area contributed by atoms with E-state index in [4.69, 9.17) is 5.11 Å². The highest BCUT2D eigenvalue weighted by Gasteiger charge is 2.29. The van der Waals surface area contributed by atoms with E-state index in [-0.39, 0.29) is 6.10 Å². The summed E-state index contributed by atoms with van der Waals surface area (Å²) in [4.78, 5) is 0. The Morgan fingerprint density at radius 1 is 0.938 bits per heavy atom. The lowest BCUT2D eigenvalue weighted by molar-refractivity contribution is 0.168. The summed E-state index contributed by atoms with van der Waals surface area (Å²) in [5, 5.41) is 9.06. The van der Waals surface area contributed by atoms with Gasteiger partial charge < -0.3 is 5.11 Å². The van der Waals surface area contributed by atoms with Crippen LogP contribution in [0, 0.1) is 10.8 Å². The fourth-order valence-electron chi connectivity index (χ4n) is 2.75.